The third kappa shape index (κ3) is 36.7. The van der Waals surface area contributed by atoms with E-state index in [1.165, 1.54) is 89.9 Å². The Hall–Kier alpha value is -2.43. The average Bonchev–Trinajstić information content (AvgIpc) is 3.10. The molecule has 0 saturated carbocycles. The molecule has 0 bridgehead atoms. The lowest BCUT2D eigenvalue weighted by Crippen LogP contribution is -2.45. The molecule has 0 spiro atoms. The SMILES string of the molecule is CC/C=C\C/C=C\C/C=C\C/C=C\CCCCCCCCCCCCCCC(=O)NC(CO)C(O)/C=C/CC/C=C/CC/C=C/CCCC. The van der Waals surface area contributed by atoms with E-state index >= 15 is 0 Å². The van der Waals surface area contributed by atoms with Crippen molar-refractivity contribution >= 4 is 5.91 Å². The molecule has 0 aliphatic heterocycles. The molecular formula is C45H77NO3. The Morgan fingerprint density at radius 2 is 0.918 bits per heavy atom. The molecule has 2 atom stereocenters. The summed E-state index contributed by atoms with van der Waals surface area (Å²) in [5.41, 5.74) is 0. The monoisotopic (exact) mass is 680 g/mol. The molecule has 280 valence electrons. The Kier molecular flexibility index (Phi) is 38.0. The van der Waals surface area contributed by atoms with Crippen molar-refractivity contribution in [2.45, 2.75) is 187 Å². The number of amides is 1. The lowest BCUT2D eigenvalue weighted by molar-refractivity contribution is -0.123. The number of carbonyl (C=O) groups excluding carboxylic acids is 1. The van der Waals surface area contributed by atoms with Crippen LogP contribution in [0, 0.1) is 0 Å². The van der Waals surface area contributed by atoms with Crippen LogP contribution in [0.3, 0.4) is 0 Å². The van der Waals surface area contributed by atoms with Crippen molar-refractivity contribution < 1.29 is 15.0 Å². The Labute approximate surface area is 303 Å². The normalized spacial score (nSPS) is 14.0. The molecule has 0 aromatic rings. The van der Waals surface area contributed by atoms with Crippen LogP contribution in [0.25, 0.3) is 0 Å². The zero-order valence-corrected chi connectivity index (χ0v) is 31.9. The minimum atomic E-state index is -0.873. The van der Waals surface area contributed by atoms with Gasteiger partial charge in [-0.2, -0.15) is 0 Å². The summed E-state index contributed by atoms with van der Waals surface area (Å²) in [6.45, 7) is 4.11. The van der Waals surface area contributed by atoms with E-state index in [9.17, 15) is 15.0 Å². The van der Waals surface area contributed by atoms with Crippen LogP contribution < -0.4 is 5.32 Å². The van der Waals surface area contributed by atoms with Gasteiger partial charge in [0.05, 0.1) is 18.8 Å². The first kappa shape index (κ1) is 46.6. The van der Waals surface area contributed by atoms with E-state index in [0.717, 1.165) is 64.2 Å². The van der Waals surface area contributed by atoms with Gasteiger partial charge in [0.2, 0.25) is 5.91 Å². The zero-order valence-electron chi connectivity index (χ0n) is 31.9. The number of rotatable bonds is 35. The number of hydrogen-bond acceptors (Lipinski definition) is 3. The number of aliphatic hydroxyl groups excluding tert-OH is 2. The van der Waals surface area contributed by atoms with Crippen LogP contribution in [0.5, 0.6) is 0 Å². The van der Waals surface area contributed by atoms with Crippen LogP contribution in [0.15, 0.2) is 85.1 Å². The van der Waals surface area contributed by atoms with Crippen LogP contribution in [0.2, 0.25) is 0 Å². The summed E-state index contributed by atoms with van der Waals surface area (Å²) in [6, 6.07) is -0.649. The maximum atomic E-state index is 12.3. The van der Waals surface area contributed by atoms with Crippen molar-refractivity contribution in [2.24, 2.45) is 0 Å². The molecule has 0 aliphatic rings. The molecule has 0 saturated heterocycles. The van der Waals surface area contributed by atoms with Gasteiger partial charge in [0.25, 0.3) is 0 Å². The topological polar surface area (TPSA) is 69.6 Å². The fourth-order valence-electron chi connectivity index (χ4n) is 5.48. The van der Waals surface area contributed by atoms with E-state index in [1.807, 2.05) is 6.08 Å². The van der Waals surface area contributed by atoms with E-state index < -0.39 is 12.1 Å². The van der Waals surface area contributed by atoms with Gasteiger partial charge >= 0.3 is 0 Å². The predicted molar refractivity (Wildman–Crippen MR) is 216 cm³/mol. The predicted octanol–water partition coefficient (Wildman–Crippen LogP) is 12.5. The van der Waals surface area contributed by atoms with Gasteiger partial charge < -0.3 is 15.5 Å². The van der Waals surface area contributed by atoms with Crippen LogP contribution >= 0.6 is 0 Å². The minimum Gasteiger partial charge on any atom is -0.394 e. The lowest BCUT2D eigenvalue weighted by atomic mass is 10.0. The minimum absolute atomic E-state index is 0.0864. The smallest absolute Gasteiger partial charge is 0.220 e. The molecule has 4 nitrogen and oxygen atoms in total. The second-order valence-electron chi connectivity index (χ2n) is 13.3. The molecule has 0 aromatic heterocycles. The van der Waals surface area contributed by atoms with Gasteiger partial charge in [-0.25, -0.2) is 0 Å². The molecule has 1 amide bonds. The quantitative estimate of drug-likeness (QED) is 0.0461. The Balaban J connectivity index is 3.62. The highest BCUT2D eigenvalue weighted by Crippen LogP contribution is 2.13. The van der Waals surface area contributed by atoms with E-state index in [0.29, 0.717) is 6.42 Å². The molecule has 4 heteroatoms. The van der Waals surface area contributed by atoms with Crippen LogP contribution in [-0.2, 0) is 4.79 Å². The highest BCUT2D eigenvalue weighted by molar-refractivity contribution is 5.76. The maximum Gasteiger partial charge on any atom is 0.220 e. The van der Waals surface area contributed by atoms with Gasteiger partial charge in [0, 0.05) is 6.42 Å². The summed E-state index contributed by atoms with van der Waals surface area (Å²) >= 11 is 0. The molecule has 0 heterocycles. The standard InChI is InChI=1S/C45H77NO3/c1-3-5-7-9-11-13-15-17-18-19-20-21-22-23-24-25-26-27-28-29-31-33-35-37-39-41-45(49)46-43(42-47)44(48)40-38-36-34-32-30-16-14-12-10-8-6-4-2/h5,7,10-13,17-18,20-21,30,32,38,40,43-44,47-48H,3-4,6,8-9,14-16,19,22-29,31,33-37,39,41-42H2,1-2H3,(H,46,49)/b7-5-,12-10+,13-11-,18-17-,21-20-,32-30+,40-38+. The highest BCUT2D eigenvalue weighted by atomic mass is 16.3. The van der Waals surface area contributed by atoms with Gasteiger partial charge in [0.1, 0.15) is 0 Å². The fourth-order valence-corrected chi connectivity index (χ4v) is 5.48. The fraction of sp³-hybridized carbons (Fsp3) is 0.667. The van der Waals surface area contributed by atoms with Gasteiger partial charge in [-0.05, 0) is 77.0 Å². The Morgan fingerprint density at radius 1 is 0.510 bits per heavy atom. The molecule has 0 rings (SSSR count). The van der Waals surface area contributed by atoms with Crippen molar-refractivity contribution in [3.63, 3.8) is 0 Å². The van der Waals surface area contributed by atoms with Crippen LogP contribution in [0.1, 0.15) is 174 Å². The van der Waals surface area contributed by atoms with E-state index in [1.54, 1.807) is 6.08 Å². The zero-order chi connectivity index (χ0) is 35.7. The Bertz CT molecular complexity index is 910. The third-order valence-electron chi connectivity index (χ3n) is 8.59. The van der Waals surface area contributed by atoms with Crippen molar-refractivity contribution in [3.8, 4) is 0 Å². The summed E-state index contributed by atoms with van der Waals surface area (Å²) in [5.74, 6) is -0.0864. The summed E-state index contributed by atoms with van der Waals surface area (Å²) in [5, 5.41) is 22.9. The van der Waals surface area contributed by atoms with Crippen LogP contribution in [-0.4, -0.2) is 34.9 Å². The van der Waals surface area contributed by atoms with Crippen molar-refractivity contribution in [3.05, 3.63) is 85.1 Å². The number of allylic oxidation sites excluding steroid dienone is 13. The van der Waals surface area contributed by atoms with Gasteiger partial charge in [-0.3, -0.25) is 4.79 Å². The van der Waals surface area contributed by atoms with Gasteiger partial charge in [0.15, 0.2) is 0 Å². The first-order valence-corrected chi connectivity index (χ1v) is 20.3. The number of hydrogen-bond donors (Lipinski definition) is 3. The summed E-state index contributed by atoms with van der Waals surface area (Å²) < 4.78 is 0. The van der Waals surface area contributed by atoms with E-state index in [4.69, 9.17) is 0 Å². The van der Waals surface area contributed by atoms with Gasteiger partial charge in [-0.1, -0.05) is 176 Å². The summed E-state index contributed by atoms with van der Waals surface area (Å²) in [4.78, 5) is 12.3. The third-order valence-corrected chi connectivity index (χ3v) is 8.59. The van der Waals surface area contributed by atoms with Crippen molar-refractivity contribution in [2.75, 3.05) is 6.61 Å². The van der Waals surface area contributed by atoms with E-state index in [2.05, 4.69) is 92.1 Å². The van der Waals surface area contributed by atoms with Crippen molar-refractivity contribution in [1.82, 2.24) is 5.32 Å². The number of carbonyl (C=O) groups is 1. The lowest BCUT2D eigenvalue weighted by Gasteiger charge is -2.19. The summed E-state index contributed by atoms with van der Waals surface area (Å²) in [7, 11) is 0. The summed E-state index contributed by atoms with van der Waals surface area (Å²) in [6.07, 6.45) is 58.2. The number of nitrogens with one attached hydrogen (secondary N) is 1. The average molecular weight is 680 g/mol. The molecule has 0 fully saturated rings. The molecule has 2 unspecified atom stereocenters. The number of unbranched alkanes of at least 4 members (excludes halogenated alkanes) is 16. The first-order chi connectivity index (χ1) is 24.2. The largest absolute Gasteiger partial charge is 0.394 e. The van der Waals surface area contributed by atoms with Crippen molar-refractivity contribution in [1.29, 1.82) is 0 Å². The molecule has 0 radical (unpaired) electrons. The van der Waals surface area contributed by atoms with Crippen LogP contribution in [0.4, 0.5) is 0 Å². The van der Waals surface area contributed by atoms with E-state index in [-0.39, 0.29) is 12.5 Å². The second kappa shape index (κ2) is 40.0. The highest BCUT2D eigenvalue weighted by Gasteiger charge is 2.17. The molecule has 49 heavy (non-hydrogen) atoms. The number of aliphatic hydroxyl groups is 2. The molecular weight excluding hydrogens is 602 g/mol. The first-order valence-electron chi connectivity index (χ1n) is 20.3. The molecule has 0 aliphatic carbocycles. The van der Waals surface area contributed by atoms with Gasteiger partial charge in [-0.15, -0.1) is 0 Å². The molecule has 3 N–H and O–H groups in total. The second-order valence-corrected chi connectivity index (χ2v) is 13.3. The maximum absolute atomic E-state index is 12.3. The molecule has 0 aromatic carbocycles. The Morgan fingerprint density at radius 3 is 1.43 bits per heavy atom.